The van der Waals surface area contributed by atoms with Crippen LogP contribution in [0.5, 0.6) is 5.88 Å². The van der Waals surface area contributed by atoms with E-state index in [9.17, 15) is 0 Å². The Bertz CT molecular complexity index is 856. The lowest BCUT2D eigenvalue weighted by atomic mass is 10.2. The Morgan fingerprint density at radius 2 is 2.04 bits per heavy atom. The molecule has 0 unspecified atom stereocenters. The standard InChI is InChI=1S/C17H22N6O2/c1-17(2,3)25-15-7-12(5-6-18-15)9-19-14-8-13(10-24-4)22-16-20-11-21-23(14)16/h5-8,11,19H,9-10H2,1-4H3. The molecule has 0 saturated heterocycles. The Labute approximate surface area is 146 Å². The Morgan fingerprint density at radius 3 is 2.80 bits per heavy atom. The van der Waals surface area contributed by atoms with Gasteiger partial charge in [-0.1, -0.05) is 0 Å². The lowest BCUT2D eigenvalue weighted by molar-refractivity contribution is 0.124. The number of pyridine rings is 1. The number of rotatable bonds is 6. The number of anilines is 1. The second-order valence-corrected chi connectivity index (χ2v) is 6.61. The zero-order chi connectivity index (χ0) is 17.9. The van der Waals surface area contributed by atoms with Crippen LogP contribution in [0.1, 0.15) is 32.0 Å². The maximum atomic E-state index is 5.81. The number of nitrogens with zero attached hydrogens (tertiary/aromatic N) is 5. The van der Waals surface area contributed by atoms with Crippen LogP contribution < -0.4 is 10.1 Å². The van der Waals surface area contributed by atoms with Crippen molar-refractivity contribution in [1.29, 1.82) is 0 Å². The Hall–Kier alpha value is -2.74. The summed E-state index contributed by atoms with van der Waals surface area (Å²) >= 11 is 0. The lowest BCUT2D eigenvalue weighted by Crippen LogP contribution is -2.23. The van der Waals surface area contributed by atoms with Crippen LogP contribution in [0.2, 0.25) is 0 Å². The first-order valence-corrected chi connectivity index (χ1v) is 8.01. The van der Waals surface area contributed by atoms with Crippen molar-refractivity contribution in [2.75, 3.05) is 12.4 Å². The van der Waals surface area contributed by atoms with Crippen LogP contribution in [0, 0.1) is 0 Å². The highest BCUT2D eigenvalue weighted by molar-refractivity contribution is 5.45. The van der Waals surface area contributed by atoms with Gasteiger partial charge in [-0.25, -0.2) is 9.97 Å². The van der Waals surface area contributed by atoms with Crippen LogP contribution in [0.4, 0.5) is 5.82 Å². The third kappa shape index (κ3) is 4.42. The first-order chi connectivity index (χ1) is 11.9. The van der Waals surface area contributed by atoms with Gasteiger partial charge in [-0.3, -0.25) is 0 Å². The molecule has 0 aliphatic heterocycles. The summed E-state index contributed by atoms with van der Waals surface area (Å²) < 4.78 is 12.6. The van der Waals surface area contributed by atoms with Gasteiger partial charge in [0.05, 0.1) is 12.3 Å². The van der Waals surface area contributed by atoms with E-state index in [2.05, 4.69) is 25.4 Å². The van der Waals surface area contributed by atoms with E-state index >= 15 is 0 Å². The molecule has 0 atom stereocenters. The smallest absolute Gasteiger partial charge is 0.254 e. The first kappa shape index (κ1) is 17.1. The summed E-state index contributed by atoms with van der Waals surface area (Å²) in [6, 6.07) is 5.77. The molecule has 3 aromatic heterocycles. The van der Waals surface area contributed by atoms with Gasteiger partial charge >= 0.3 is 0 Å². The summed E-state index contributed by atoms with van der Waals surface area (Å²) in [6.07, 6.45) is 3.22. The largest absolute Gasteiger partial charge is 0.472 e. The molecule has 8 nitrogen and oxygen atoms in total. The molecule has 1 N–H and O–H groups in total. The fraction of sp³-hybridized carbons (Fsp3) is 0.412. The molecule has 0 radical (unpaired) electrons. The molecule has 0 aliphatic rings. The predicted octanol–water partition coefficient (Wildman–Crippen LogP) is 2.46. The average Bonchev–Trinajstić information content (AvgIpc) is 3.00. The molecule has 3 aromatic rings. The van der Waals surface area contributed by atoms with Gasteiger partial charge in [0.1, 0.15) is 17.7 Å². The van der Waals surface area contributed by atoms with Gasteiger partial charge in [0.25, 0.3) is 5.78 Å². The minimum absolute atomic E-state index is 0.286. The highest BCUT2D eigenvalue weighted by Crippen LogP contribution is 2.18. The van der Waals surface area contributed by atoms with Crippen molar-refractivity contribution in [1.82, 2.24) is 24.6 Å². The normalized spacial score (nSPS) is 11.7. The molecular weight excluding hydrogens is 320 g/mol. The summed E-state index contributed by atoms with van der Waals surface area (Å²) in [6.45, 7) is 6.99. The maximum absolute atomic E-state index is 5.81. The van der Waals surface area contributed by atoms with E-state index in [0.717, 1.165) is 17.1 Å². The van der Waals surface area contributed by atoms with Crippen molar-refractivity contribution in [2.24, 2.45) is 0 Å². The maximum Gasteiger partial charge on any atom is 0.254 e. The molecular formula is C17H22N6O2. The van der Waals surface area contributed by atoms with Crippen molar-refractivity contribution in [2.45, 2.75) is 39.5 Å². The van der Waals surface area contributed by atoms with Gasteiger partial charge in [-0.15, -0.1) is 0 Å². The highest BCUT2D eigenvalue weighted by Gasteiger charge is 2.13. The molecule has 25 heavy (non-hydrogen) atoms. The Balaban J connectivity index is 1.78. The van der Waals surface area contributed by atoms with Crippen LogP contribution in [0.25, 0.3) is 5.78 Å². The number of fused-ring (bicyclic) bond motifs is 1. The van der Waals surface area contributed by atoms with Crippen molar-refractivity contribution in [3.63, 3.8) is 0 Å². The fourth-order valence-electron chi connectivity index (χ4n) is 2.33. The van der Waals surface area contributed by atoms with Gasteiger partial charge in [0.15, 0.2) is 0 Å². The van der Waals surface area contributed by atoms with Gasteiger partial charge in [-0.05, 0) is 32.4 Å². The molecule has 0 aromatic carbocycles. The second-order valence-electron chi connectivity index (χ2n) is 6.61. The van der Waals surface area contributed by atoms with Crippen LogP contribution in [0.15, 0.2) is 30.7 Å². The van der Waals surface area contributed by atoms with E-state index in [-0.39, 0.29) is 5.60 Å². The molecule has 0 amide bonds. The number of nitrogens with one attached hydrogen (secondary N) is 1. The first-order valence-electron chi connectivity index (χ1n) is 8.01. The quantitative estimate of drug-likeness (QED) is 0.736. The minimum Gasteiger partial charge on any atom is -0.472 e. The van der Waals surface area contributed by atoms with Crippen LogP contribution in [-0.2, 0) is 17.9 Å². The van der Waals surface area contributed by atoms with Crippen LogP contribution in [0.3, 0.4) is 0 Å². The molecule has 0 spiro atoms. The van der Waals surface area contributed by atoms with Gasteiger partial charge in [-0.2, -0.15) is 14.6 Å². The van der Waals surface area contributed by atoms with Crippen LogP contribution >= 0.6 is 0 Å². The zero-order valence-corrected chi connectivity index (χ0v) is 14.9. The number of methoxy groups -OCH3 is 1. The van der Waals surface area contributed by atoms with Gasteiger partial charge in [0.2, 0.25) is 5.88 Å². The summed E-state index contributed by atoms with van der Waals surface area (Å²) in [4.78, 5) is 12.8. The molecule has 3 heterocycles. The Kier molecular flexibility index (Phi) is 4.80. The van der Waals surface area contributed by atoms with Crippen molar-refractivity contribution < 1.29 is 9.47 Å². The summed E-state index contributed by atoms with van der Waals surface area (Å²) in [5.41, 5.74) is 1.55. The third-order valence-electron chi connectivity index (χ3n) is 3.28. The van der Waals surface area contributed by atoms with E-state index in [1.165, 1.54) is 6.33 Å². The summed E-state index contributed by atoms with van der Waals surface area (Å²) in [7, 11) is 1.64. The third-order valence-corrected chi connectivity index (χ3v) is 3.28. The molecule has 132 valence electrons. The van der Waals surface area contributed by atoms with Gasteiger partial charge < -0.3 is 14.8 Å². The van der Waals surface area contributed by atoms with Crippen molar-refractivity contribution in [3.05, 3.63) is 42.0 Å². The monoisotopic (exact) mass is 342 g/mol. The minimum atomic E-state index is -0.286. The predicted molar refractivity (Wildman–Crippen MR) is 93.4 cm³/mol. The Morgan fingerprint density at radius 1 is 1.20 bits per heavy atom. The van der Waals surface area contributed by atoms with E-state index < -0.39 is 0 Å². The molecule has 3 rings (SSSR count). The fourth-order valence-corrected chi connectivity index (χ4v) is 2.33. The number of ether oxygens (including phenoxy) is 2. The molecule has 0 saturated carbocycles. The molecule has 0 fully saturated rings. The average molecular weight is 342 g/mol. The van der Waals surface area contributed by atoms with E-state index in [4.69, 9.17) is 9.47 Å². The second kappa shape index (κ2) is 7.02. The summed E-state index contributed by atoms with van der Waals surface area (Å²) in [5, 5.41) is 7.56. The summed E-state index contributed by atoms with van der Waals surface area (Å²) in [5.74, 6) is 1.93. The van der Waals surface area contributed by atoms with E-state index in [1.807, 2.05) is 39.0 Å². The zero-order valence-electron chi connectivity index (χ0n) is 14.9. The SMILES string of the molecule is COCc1cc(NCc2ccnc(OC(C)(C)C)c2)n2ncnc2n1. The number of aromatic nitrogens is 5. The van der Waals surface area contributed by atoms with Crippen molar-refractivity contribution in [3.8, 4) is 5.88 Å². The van der Waals surface area contributed by atoms with Gasteiger partial charge in [0, 0.05) is 32.0 Å². The molecule has 0 aliphatic carbocycles. The highest BCUT2D eigenvalue weighted by atomic mass is 16.5. The number of hydrogen-bond donors (Lipinski definition) is 1. The molecule has 0 bridgehead atoms. The topological polar surface area (TPSA) is 86.5 Å². The van der Waals surface area contributed by atoms with E-state index in [0.29, 0.717) is 24.8 Å². The molecule has 8 heteroatoms. The van der Waals surface area contributed by atoms with Crippen molar-refractivity contribution >= 4 is 11.6 Å². The van der Waals surface area contributed by atoms with Crippen LogP contribution in [-0.4, -0.2) is 37.3 Å². The number of hydrogen-bond acceptors (Lipinski definition) is 7. The van der Waals surface area contributed by atoms with E-state index in [1.54, 1.807) is 17.8 Å². The lowest BCUT2D eigenvalue weighted by Gasteiger charge is -2.20.